The molecule has 0 spiro atoms. The molecule has 8 heteroatoms. The Balaban J connectivity index is 1.62. The zero-order chi connectivity index (χ0) is 17.8. The lowest BCUT2D eigenvalue weighted by Crippen LogP contribution is -2.50. The molecule has 25 heavy (non-hydrogen) atoms. The Morgan fingerprint density at radius 2 is 2.16 bits per heavy atom. The summed E-state index contributed by atoms with van der Waals surface area (Å²) in [5.41, 5.74) is -0.0174. The van der Waals surface area contributed by atoms with Crippen LogP contribution in [-0.2, 0) is 4.74 Å². The average Bonchev–Trinajstić information content (AvgIpc) is 2.86. The number of carbonyl (C=O) groups is 1. The van der Waals surface area contributed by atoms with Crippen LogP contribution < -0.4 is 5.32 Å². The van der Waals surface area contributed by atoms with Gasteiger partial charge in [-0.1, -0.05) is 13.3 Å². The molecule has 3 atom stereocenters. The minimum absolute atomic E-state index is 0.0174. The highest BCUT2D eigenvalue weighted by molar-refractivity contribution is 5.69. The van der Waals surface area contributed by atoms with Gasteiger partial charge in [0.05, 0.1) is 11.5 Å². The van der Waals surface area contributed by atoms with Crippen LogP contribution in [0.4, 0.5) is 16.3 Å². The fourth-order valence-corrected chi connectivity index (χ4v) is 3.82. The number of rotatable bonds is 6. The Morgan fingerprint density at radius 3 is 2.80 bits per heavy atom. The molecule has 3 heterocycles. The van der Waals surface area contributed by atoms with E-state index in [9.17, 15) is 14.9 Å². The second-order valence-corrected chi connectivity index (χ2v) is 6.70. The average molecular weight is 348 g/mol. The van der Waals surface area contributed by atoms with E-state index < -0.39 is 4.92 Å². The van der Waals surface area contributed by atoms with Gasteiger partial charge >= 0.3 is 11.8 Å². The number of hydrogen-bond acceptors (Lipinski definition) is 6. The predicted molar refractivity (Wildman–Crippen MR) is 92.4 cm³/mol. The molecule has 0 radical (unpaired) electrons. The van der Waals surface area contributed by atoms with Gasteiger partial charge in [-0.15, -0.1) is 0 Å². The van der Waals surface area contributed by atoms with Crippen LogP contribution in [0.3, 0.4) is 0 Å². The van der Waals surface area contributed by atoms with E-state index in [0.717, 1.165) is 38.5 Å². The van der Waals surface area contributed by atoms with Crippen molar-refractivity contribution in [1.29, 1.82) is 0 Å². The number of fused-ring (bicyclic) bond motifs is 2. The molecule has 1 amide bonds. The highest BCUT2D eigenvalue weighted by Crippen LogP contribution is 2.37. The Bertz CT molecular complexity index is 625. The number of anilines is 1. The Labute approximate surface area is 146 Å². The van der Waals surface area contributed by atoms with E-state index in [1.54, 1.807) is 12.3 Å². The molecule has 2 saturated heterocycles. The van der Waals surface area contributed by atoms with E-state index >= 15 is 0 Å². The van der Waals surface area contributed by atoms with Gasteiger partial charge in [0.2, 0.25) is 5.82 Å². The summed E-state index contributed by atoms with van der Waals surface area (Å²) in [5, 5.41) is 14.3. The number of ether oxygens (including phenoxy) is 1. The van der Waals surface area contributed by atoms with Crippen LogP contribution in [0, 0.1) is 10.1 Å². The molecule has 1 N–H and O–H groups in total. The van der Waals surface area contributed by atoms with Crippen LogP contribution in [0.15, 0.2) is 18.3 Å². The summed E-state index contributed by atoms with van der Waals surface area (Å²) in [7, 11) is 0. The van der Waals surface area contributed by atoms with E-state index in [4.69, 9.17) is 4.74 Å². The van der Waals surface area contributed by atoms with Crippen molar-refractivity contribution in [2.75, 3.05) is 11.9 Å². The molecule has 2 aliphatic rings. The minimum atomic E-state index is -0.426. The third-order valence-corrected chi connectivity index (χ3v) is 4.99. The van der Waals surface area contributed by atoms with Crippen molar-refractivity contribution in [1.82, 2.24) is 9.88 Å². The first-order valence-corrected chi connectivity index (χ1v) is 8.91. The summed E-state index contributed by atoms with van der Waals surface area (Å²) >= 11 is 0. The van der Waals surface area contributed by atoms with Gasteiger partial charge in [0.25, 0.3) is 0 Å². The Hall–Kier alpha value is -2.38. The molecule has 1 aromatic rings. The van der Waals surface area contributed by atoms with Crippen LogP contribution in [-0.4, -0.2) is 45.6 Å². The minimum Gasteiger partial charge on any atom is -0.449 e. The highest BCUT2D eigenvalue weighted by atomic mass is 16.6. The number of pyridine rings is 1. The van der Waals surface area contributed by atoms with E-state index in [0.29, 0.717) is 12.4 Å². The van der Waals surface area contributed by atoms with E-state index in [1.165, 1.54) is 6.07 Å². The molecule has 2 bridgehead atoms. The van der Waals surface area contributed by atoms with Crippen LogP contribution in [0.25, 0.3) is 0 Å². The summed E-state index contributed by atoms with van der Waals surface area (Å²) in [6.07, 6.45) is 6.62. The molecule has 0 aliphatic carbocycles. The van der Waals surface area contributed by atoms with Crippen LogP contribution in [0.2, 0.25) is 0 Å². The maximum atomic E-state index is 12.3. The number of nitrogens with zero attached hydrogens (tertiary/aromatic N) is 3. The number of unbranched alkanes of at least 4 members (excludes halogenated alkanes) is 1. The Kier molecular flexibility index (Phi) is 5.35. The molecule has 0 aromatic carbocycles. The zero-order valence-electron chi connectivity index (χ0n) is 14.4. The van der Waals surface area contributed by atoms with Crippen molar-refractivity contribution < 1.29 is 14.5 Å². The van der Waals surface area contributed by atoms with Crippen molar-refractivity contribution in [2.24, 2.45) is 0 Å². The molecular weight excluding hydrogens is 324 g/mol. The standard InChI is InChI=1S/C17H24N4O4/c1-2-3-9-25-17(22)20-13-6-7-14(20)11-12(10-13)19-16-15(21(23)24)5-4-8-18-16/h4-5,8,12-14H,2-3,6-7,9-11H2,1H3,(H,18,19)/t12?,13-,14+. The summed E-state index contributed by atoms with van der Waals surface area (Å²) in [6.45, 7) is 2.53. The van der Waals surface area contributed by atoms with Gasteiger partial charge in [0.1, 0.15) is 0 Å². The van der Waals surface area contributed by atoms with Gasteiger partial charge in [-0.05, 0) is 38.2 Å². The molecule has 1 unspecified atom stereocenters. The van der Waals surface area contributed by atoms with Crippen LogP contribution >= 0.6 is 0 Å². The van der Waals surface area contributed by atoms with E-state index in [-0.39, 0.29) is 29.9 Å². The molecule has 3 rings (SSSR count). The van der Waals surface area contributed by atoms with Crippen molar-refractivity contribution >= 4 is 17.6 Å². The van der Waals surface area contributed by atoms with E-state index in [2.05, 4.69) is 17.2 Å². The van der Waals surface area contributed by atoms with Crippen molar-refractivity contribution in [3.63, 3.8) is 0 Å². The van der Waals surface area contributed by atoms with Gasteiger partial charge in [0.15, 0.2) is 0 Å². The van der Waals surface area contributed by atoms with Gasteiger partial charge in [0, 0.05) is 30.4 Å². The van der Waals surface area contributed by atoms with Crippen molar-refractivity contribution in [2.45, 2.75) is 63.6 Å². The SMILES string of the molecule is CCCCOC(=O)N1[C@@H]2CC[C@H]1CC(Nc1ncccc1[N+](=O)[O-])C2. The highest BCUT2D eigenvalue weighted by Gasteiger charge is 2.44. The number of carbonyl (C=O) groups excluding carboxylic acids is 1. The quantitative estimate of drug-likeness (QED) is 0.481. The first kappa shape index (κ1) is 17.4. The first-order chi connectivity index (χ1) is 12.1. The molecule has 0 saturated carbocycles. The second kappa shape index (κ2) is 7.67. The van der Waals surface area contributed by atoms with E-state index in [1.807, 2.05) is 4.90 Å². The van der Waals surface area contributed by atoms with Crippen molar-refractivity contribution in [3.8, 4) is 0 Å². The van der Waals surface area contributed by atoms with Gasteiger partial charge in [-0.25, -0.2) is 9.78 Å². The maximum Gasteiger partial charge on any atom is 0.410 e. The Morgan fingerprint density at radius 1 is 1.44 bits per heavy atom. The first-order valence-electron chi connectivity index (χ1n) is 8.91. The monoisotopic (exact) mass is 348 g/mol. The summed E-state index contributed by atoms with van der Waals surface area (Å²) in [5.74, 6) is 0.302. The number of hydrogen-bond donors (Lipinski definition) is 1. The topological polar surface area (TPSA) is 97.6 Å². The lowest BCUT2D eigenvalue weighted by molar-refractivity contribution is -0.384. The van der Waals surface area contributed by atoms with Gasteiger partial charge < -0.3 is 15.0 Å². The lowest BCUT2D eigenvalue weighted by Gasteiger charge is -2.38. The smallest absolute Gasteiger partial charge is 0.410 e. The second-order valence-electron chi connectivity index (χ2n) is 6.70. The summed E-state index contributed by atoms with van der Waals surface area (Å²) in [4.78, 5) is 29.0. The fourth-order valence-electron chi connectivity index (χ4n) is 3.82. The lowest BCUT2D eigenvalue weighted by atomic mass is 9.97. The maximum absolute atomic E-state index is 12.3. The summed E-state index contributed by atoms with van der Waals surface area (Å²) < 4.78 is 5.37. The molecule has 136 valence electrons. The van der Waals surface area contributed by atoms with Crippen molar-refractivity contribution in [3.05, 3.63) is 28.4 Å². The fraction of sp³-hybridized carbons (Fsp3) is 0.647. The summed E-state index contributed by atoms with van der Waals surface area (Å²) in [6, 6.07) is 3.35. The number of piperidine rings is 1. The molecule has 2 aliphatic heterocycles. The largest absolute Gasteiger partial charge is 0.449 e. The third-order valence-electron chi connectivity index (χ3n) is 4.99. The molecule has 8 nitrogen and oxygen atoms in total. The predicted octanol–water partition coefficient (Wildman–Crippen LogP) is 3.33. The zero-order valence-corrected chi connectivity index (χ0v) is 14.4. The molecular formula is C17H24N4O4. The van der Waals surface area contributed by atoms with Crippen LogP contribution in [0.5, 0.6) is 0 Å². The molecule has 1 aromatic heterocycles. The normalized spacial score (nSPS) is 24.8. The van der Waals surface area contributed by atoms with Crippen LogP contribution in [0.1, 0.15) is 45.4 Å². The number of nitrogens with one attached hydrogen (secondary N) is 1. The van der Waals surface area contributed by atoms with Gasteiger partial charge in [-0.3, -0.25) is 10.1 Å². The van der Waals surface area contributed by atoms with Gasteiger partial charge in [-0.2, -0.15) is 0 Å². The number of amides is 1. The number of aromatic nitrogens is 1. The number of nitro groups is 1. The molecule has 2 fully saturated rings. The third kappa shape index (κ3) is 3.83.